The van der Waals surface area contributed by atoms with Gasteiger partial charge in [0.25, 0.3) is 5.91 Å². The number of benzene rings is 1. The third kappa shape index (κ3) is 3.65. The Kier molecular flexibility index (Phi) is 4.96. The summed E-state index contributed by atoms with van der Waals surface area (Å²) >= 11 is 5.41. The molecule has 0 aliphatic carbocycles. The van der Waals surface area contributed by atoms with Crippen LogP contribution in [-0.2, 0) is 10.5 Å². The van der Waals surface area contributed by atoms with E-state index in [1.807, 2.05) is 30.3 Å². The van der Waals surface area contributed by atoms with Crippen molar-refractivity contribution in [1.29, 1.82) is 5.26 Å². The van der Waals surface area contributed by atoms with Gasteiger partial charge in [0.05, 0.1) is 4.24 Å². The zero-order valence-electron chi connectivity index (χ0n) is 8.38. The fourth-order valence-electron chi connectivity index (χ4n) is 1.01. The Morgan fingerprint density at radius 2 is 2.06 bits per heavy atom. The lowest BCUT2D eigenvalue weighted by Gasteiger charge is -2.02. The van der Waals surface area contributed by atoms with Crippen LogP contribution >= 0.6 is 24.4 Å². The van der Waals surface area contributed by atoms with Gasteiger partial charge >= 0.3 is 0 Å². The Labute approximate surface area is 104 Å². The first-order chi connectivity index (χ1) is 7.65. The molecule has 0 fully saturated rings. The molecule has 1 amide bonds. The lowest BCUT2D eigenvalue weighted by atomic mass is 10.2. The van der Waals surface area contributed by atoms with Gasteiger partial charge in [0.15, 0.2) is 0 Å². The van der Waals surface area contributed by atoms with Crippen LogP contribution < -0.4 is 5.73 Å². The van der Waals surface area contributed by atoms with Crippen molar-refractivity contribution in [3.8, 4) is 6.07 Å². The lowest BCUT2D eigenvalue weighted by molar-refractivity contribution is -0.114. The number of thiol groups is 1. The summed E-state index contributed by atoms with van der Waals surface area (Å²) in [6, 6.07) is 11.5. The van der Waals surface area contributed by atoms with E-state index in [2.05, 4.69) is 12.6 Å². The minimum atomic E-state index is -0.743. The maximum Gasteiger partial charge on any atom is 0.261 e. The van der Waals surface area contributed by atoms with E-state index in [1.165, 1.54) is 11.8 Å². The first kappa shape index (κ1) is 12.7. The molecule has 0 saturated heterocycles. The molecule has 5 heteroatoms. The van der Waals surface area contributed by atoms with E-state index in [-0.39, 0.29) is 5.57 Å². The number of nitrogens with zero attached hydrogens (tertiary/aromatic N) is 1. The van der Waals surface area contributed by atoms with Crippen LogP contribution in [0.3, 0.4) is 0 Å². The van der Waals surface area contributed by atoms with Crippen LogP contribution in [0.15, 0.2) is 40.1 Å². The van der Waals surface area contributed by atoms with Gasteiger partial charge in [-0.3, -0.25) is 4.79 Å². The second kappa shape index (κ2) is 6.26. The molecule has 0 unspecified atom stereocenters. The molecule has 0 aliphatic rings. The van der Waals surface area contributed by atoms with Gasteiger partial charge in [-0.25, -0.2) is 0 Å². The standard InChI is InChI=1S/C11H10N2OS2/c12-6-9(10(13)14)11(15)16-7-8-4-2-1-3-5-8/h1-5,15H,7H2,(H2,13,14)/b11-9+. The first-order valence-electron chi connectivity index (χ1n) is 4.45. The molecule has 0 radical (unpaired) electrons. The maximum atomic E-state index is 10.9. The van der Waals surface area contributed by atoms with E-state index in [4.69, 9.17) is 11.0 Å². The van der Waals surface area contributed by atoms with E-state index in [9.17, 15) is 4.79 Å². The normalized spacial score (nSPS) is 11.5. The van der Waals surface area contributed by atoms with Crippen molar-refractivity contribution in [3.05, 3.63) is 45.7 Å². The van der Waals surface area contributed by atoms with Crippen molar-refractivity contribution in [3.63, 3.8) is 0 Å². The number of hydrogen-bond donors (Lipinski definition) is 2. The van der Waals surface area contributed by atoms with Gasteiger partial charge in [-0.15, -0.1) is 24.4 Å². The number of hydrogen-bond acceptors (Lipinski definition) is 4. The Morgan fingerprint density at radius 1 is 1.44 bits per heavy atom. The fourth-order valence-corrected chi connectivity index (χ4v) is 2.15. The van der Waals surface area contributed by atoms with E-state index < -0.39 is 5.91 Å². The third-order valence-corrected chi connectivity index (χ3v) is 3.36. The predicted molar refractivity (Wildman–Crippen MR) is 68.6 cm³/mol. The average molecular weight is 250 g/mol. The van der Waals surface area contributed by atoms with Gasteiger partial charge in [-0.05, 0) is 5.56 Å². The van der Waals surface area contributed by atoms with Crippen molar-refractivity contribution < 1.29 is 4.79 Å². The Balaban J connectivity index is 2.69. The highest BCUT2D eigenvalue weighted by atomic mass is 32.2. The molecule has 0 aromatic heterocycles. The van der Waals surface area contributed by atoms with E-state index in [0.29, 0.717) is 9.99 Å². The van der Waals surface area contributed by atoms with Gasteiger partial charge in [0.1, 0.15) is 11.6 Å². The van der Waals surface area contributed by atoms with Crippen LogP contribution in [0.2, 0.25) is 0 Å². The fraction of sp³-hybridized carbons (Fsp3) is 0.0909. The van der Waals surface area contributed by atoms with E-state index >= 15 is 0 Å². The quantitative estimate of drug-likeness (QED) is 0.488. The predicted octanol–water partition coefficient (Wildman–Crippen LogP) is 2.07. The summed E-state index contributed by atoms with van der Waals surface area (Å²) < 4.78 is 0.360. The van der Waals surface area contributed by atoms with Crippen LogP contribution in [0.4, 0.5) is 0 Å². The number of amides is 1. The summed E-state index contributed by atoms with van der Waals surface area (Å²) in [7, 11) is 0. The van der Waals surface area contributed by atoms with E-state index in [0.717, 1.165) is 5.56 Å². The molecular formula is C11H10N2OS2. The van der Waals surface area contributed by atoms with Gasteiger partial charge in [-0.2, -0.15) is 5.26 Å². The van der Waals surface area contributed by atoms with Gasteiger partial charge in [0.2, 0.25) is 0 Å². The number of rotatable bonds is 4. The van der Waals surface area contributed by atoms with Crippen LogP contribution in [0.5, 0.6) is 0 Å². The molecule has 16 heavy (non-hydrogen) atoms. The number of thioether (sulfide) groups is 1. The van der Waals surface area contributed by atoms with E-state index in [1.54, 1.807) is 6.07 Å². The molecule has 1 rings (SSSR count). The van der Waals surface area contributed by atoms with Crippen molar-refractivity contribution in [2.75, 3.05) is 0 Å². The summed E-state index contributed by atoms with van der Waals surface area (Å²) in [6.45, 7) is 0. The summed E-state index contributed by atoms with van der Waals surface area (Å²) in [5.41, 5.74) is 6.04. The Morgan fingerprint density at radius 3 is 2.56 bits per heavy atom. The smallest absolute Gasteiger partial charge is 0.261 e. The second-order valence-corrected chi connectivity index (χ2v) is 4.67. The number of carbonyl (C=O) groups excluding carboxylic acids is 1. The summed E-state index contributed by atoms with van der Waals surface area (Å²) in [5, 5.41) is 8.69. The molecule has 1 aromatic carbocycles. The number of nitriles is 1. The Hall–Kier alpha value is -1.38. The summed E-state index contributed by atoms with van der Waals surface area (Å²) in [4.78, 5) is 10.9. The third-order valence-electron chi connectivity index (χ3n) is 1.79. The largest absolute Gasteiger partial charge is 0.365 e. The minimum Gasteiger partial charge on any atom is -0.365 e. The van der Waals surface area contributed by atoms with Crippen molar-refractivity contribution in [2.45, 2.75) is 5.75 Å². The highest BCUT2D eigenvalue weighted by molar-refractivity contribution is 8.15. The molecule has 0 heterocycles. The molecule has 1 aromatic rings. The SMILES string of the molecule is N#C/C(C(N)=O)=C(/S)SCc1ccccc1. The highest BCUT2D eigenvalue weighted by Gasteiger charge is 2.09. The molecule has 0 aliphatic heterocycles. The average Bonchev–Trinajstić information content (AvgIpc) is 2.28. The molecule has 82 valence electrons. The molecule has 2 N–H and O–H groups in total. The van der Waals surface area contributed by atoms with Gasteiger partial charge < -0.3 is 5.73 Å². The summed E-state index contributed by atoms with van der Waals surface area (Å²) in [5.74, 6) is -0.0916. The molecule has 0 saturated carbocycles. The topological polar surface area (TPSA) is 66.9 Å². The Bertz CT molecular complexity index is 449. The van der Waals surface area contributed by atoms with Crippen LogP contribution in [0, 0.1) is 11.3 Å². The molecule has 0 spiro atoms. The number of nitrogens with two attached hydrogens (primary N) is 1. The van der Waals surface area contributed by atoms with Crippen LogP contribution in [-0.4, -0.2) is 5.91 Å². The monoisotopic (exact) mass is 250 g/mol. The molecule has 0 atom stereocenters. The molecular weight excluding hydrogens is 240 g/mol. The molecule has 3 nitrogen and oxygen atoms in total. The van der Waals surface area contributed by atoms with Crippen molar-refractivity contribution in [2.24, 2.45) is 5.73 Å². The lowest BCUT2D eigenvalue weighted by Crippen LogP contribution is -2.13. The second-order valence-electron chi connectivity index (χ2n) is 2.93. The van der Waals surface area contributed by atoms with Gasteiger partial charge in [0, 0.05) is 5.75 Å². The van der Waals surface area contributed by atoms with Gasteiger partial charge in [-0.1, -0.05) is 30.3 Å². The minimum absolute atomic E-state index is 0.0933. The maximum absolute atomic E-state index is 10.9. The first-order valence-corrected chi connectivity index (χ1v) is 5.88. The van der Waals surface area contributed by atoms with Crippen molar-refractivity contribution >= 4 is 30.3 Å². The van der Waals surface area contributed by atoms with Crippen molar-refractivity contribution in [1.82, 2.24) is 0 Å². The van der Waals surface area contributed by atoms with Crippen LogP contribution in [0.25, 0.3) is 0 Å². The zero-order valence-corrected chi connectivity index (χ0v) is 10.1. The number of carbonyl (C=O) groups is 1. The van der Waals surface area contributed by atoms with Crippen LogP contribution in [0.1, 0.15) is 5.56 Å². The number of primary amides is 1. The zero-order chi connectivity index (χ0) is 12.0. The summed E-state index contributed by atoms with van der Waals surface area (Å²) in [6.07, 6.45) is 0. The highest BCUT2D eigenvalue weighted by Crippen LogP contribution is 2.26. The molecule has 0 bridgehead atoms.